The van der Waals surface area contributed by atoms with E-state index in [1.54, 1.807) is 13.0 Å². The van der Waals surface area contributed by atoms with E-state index in [-0.39, 0.29) is 9.77 Å². The number of nitrogens with one attached hydrogen (secondary N) is 1. The molecule has 0 atom stereocenters. The molecular formula is C18H17N3O4S2. The summed E-state index contributed by atoms with van der Waals surface area (Å²) in [5, 5.41) is 7.83. The van der Waals surface area contributed by atoms with Crippen LogP contribution in [0.3, 0.4) is 0 Å². The van der Waals surface area contributed by atoms with Crippen LogP contribution in [0, 0.1) is 6.92 Å². The molecule has 3 aromatic rings. The lowest BCUT2D eigenvalue weighted by Gasteiger charge is -2.27. The molecule has 1 aliphatic rings. The molecule has 0 saturated carbocycles. The Morgan fingerprint density at radius 3 is 2.78 bits per heavy atom. The number of carbonyl (C=O) groups is 1. The van der Waals surface area contributed by atoms with Gasteiger partial charge in [-0.25, -0.2) is 8.42 Å². The van der Waals surface area contributed by atoms with E-state index in [9.17, 15) is 13.2 Å². The Morgan fingerprint density at radius 1 is 1.26 bits per heavy atom. The van der Waals surface area contributed by atoms with Gasteiger partial charge in [-0.1, -0.05) is 29.4 Å². The van der Waals surface area contributed by atoms with Gasteiger partial charge < -0.3 is 9.84 Å². The number of sulfonamides is 1. The SMILES string of the molecule is Cc1cc(NC(=O)c2csc(S(=O)(=O)N3CCc4ccccc4C3)c2)no1. The molecule has 0 fully saturated rings. The number of fused-ring (bicyclic) bond motifs is 1. The normalized spacial score (nSPS) is 14.7. The zero-order valence-electron chi connectivity index (χ0n) is 14.5. The number of benzene rings is 1. The van der Waals surface area contributed by atoms with Gasteiger partial charge >= 0.3 is 0 Å². The molecule has 4 rings (SSSR count). The Bertz CT molecular complexity index is 1100. The molecule has 0 unspecified atom stereocenters. The number of carbonyl (C=O) groups excluding carboxylic acids is 1. The molecular weight excluding hydrogens is 386 g/mol. The fraction of sp³-hybridized carbons (Fsp3) is 0.222. The highest BCUT2D eigenvalue weighted by Gasteiger charge is 2.30. The monoisotopic (exact) mass is 403 g/mol. The van der Waals surface area contributed by atoms with Crippen LogP contribution in [0.4, 0.5) is 5.82 Å². The second kappa shape index (κ2) is 6.91. The largest absolute Gasteiger partial charge is 0.360 e. The molecule has 3 heterocycles. The molecule has 0 aliphatic carbocycles. The Hall–Kier alpha value is -2.49. The standard InChI is InChI=1S/C18H17N3O4S2/c1-12-8-16(20-25-12)19-18(22)15-9-17(26-11-15)27(23,24)21-7-6-13-4-2-3-5-14(13)10-21/h2-5,8-9,11H,6-7,10H2,1H3,(H,19,20,22). The van der Waals surface area contributed by atoms with E-state index in [4.69, 9.17) is 4.52 Å². The summed E-state index contributed by atoms with van der Waals surface area (Å²) in [6, 6.07) is 10.8. The van der Waals surface area contributed by atoms with Crippen molar-refractivity contribution in [3.63, 3.8) is 0 Å². The van der Waals surface area contributed by atoms with E-state index in [2.05, 4.69) is 10.5 Å². The number of amides is 1. The van der Waals surface area contributed by atoms with E-state index in [0.717, 1.165) is 16.9 Å². The number of rotatable bonds is 4. The minimum atomic E-state index is -3.65. The number of hydrogen-bond acceptors (Lipinski definition) is 6. The van der Waals surface area contributed by atoms with Gasteiger partial charge in [-0.15, -0.1) is 11.3 Å². The molecule has 7 nitrogen and oxygen atoms in total. The van der Waals surface area contributed by atoms with Crippen molar-refractivity contribution in [3.8, 4) is 0 Å². The van der Waals surface area contributed by atoms with Crippen LogP contribution >= 0.6 is 11.3 Å². The molecule has 2 aromatic heterocycles. The molecule has 0 spiro atoms. The molecule has 0 radical (unpaired) electrons. The average Bonchev–Trinajstić information content (AvgIpc) is 3.31. The number of thiophene rings is 1. The lowest BCUT2D eigenvalue weighted by Crippen LogP contribution is -2.35. The van der Waals surface area contributed by atoms with Gasteiger partial charge in [-0.05, 0) is 30.5 Å². The van der Waals surface area contributed by atoms with Crippen molar-refractivity contribution in [2.45, 2.75) is 24.1 Å². The van der Waals surface area contributed by atoms with Crippen molar-refractivity contribution >= 4 is 33.1 Å². The summed E-state index contributed by atoms with van der Waals surface area (Å²) in [5.41, 5.74) is 2.47. The van der Waals surface area contributed by atoms with Crippen molar-refractivity contribution in [1.29, 1.82) is 0 Å². The number of nitrogens with zero attached hydrogens (tertiary/aromatic N) is 2. The Kier molecular flexibility index (Phi) is 4.58. The first kappa shape index (κ1) is 17.9. The highest BCUT2D eigenvalue weighted by molar-refractivity contribution is 7.91. The second-order valence-corrected chi connectivity index (χ2v) is 9.36. The third kappa shape index (κ3) is 3.53. The first-order valence-electron chi connectivity index (χ1n) is 8.33. The van der Waals surface area contributed by atoms with Gasteiger partial charge in [-0.2, -0.15) is 4.31 Å². The summed E-state index contributed by atoms with van der Waals surface area (Å²) < 4.78 is 32.5. The molecule has 0 bridgehead atoms. The Balaban J connectivity index is 1.53. The van der Waals surface area contributed by atoms with Crippen molar-refractivity contribution in [2.75, 3.05) is 11.9 Å². The van der Waals surface area contributed by atoms with E-state index in [1.165, 1.54) is 21.3 Å². The molecule has 1 amide bonds. The fourth-order valence-corrected chi connectivity index (χ4v) is 5.72. The van der Waals surface area contributed by atoms with Crippen LogP contribution in [0.25, 0.3) is 0 Å². The molecule has 1 aromatic carbocycles. The zero-order chi connectivity index (χ0) is 19.0. The molecule has 0 saturated heterocycles. The van der Waals surface area contributed by atoms with Crippen LogP contribution in [0.15, 0.2) is 50.5 Å². The Labute approximate surface area is 160 Å². The van der Waals surface area contributed by atoms with E-state index < -0.39 is 15.9 Å². The van der Waals surface area contributed by atoms with Crippen molar-refractivity contribution in [3.05, 3.63) is 64.2 Å². The maximum Gasteiger partial charge on any atom is 0.257 e. The quantitative estimate of drug-likeness (QED) is 0.723. The van der Waals surface area contributed by atoms with Crippen LogP contribution in [0.1, 0.15) is 27.2 Å². The van der Waals surface area contributed by atoms with Crippen molar-refractivity contribution < 1.29 is 17.7 Å². The van der Waals surface area contributed by atoms with Crippen LogP contribution in [-0.2, 0) is 23.0 Å². The summed E-state index contributed by atoms with van der Waals surface area (Å²) in [6.45, 7) is 2.49. The smallest absolute Gasteiger partial charge is 0.257 e. The maximum atomic E-state index is 13.0. The Morgan fingerprint density at radius 2 is 2.04 bits per heavy atom. The molecule has 9 heteroatoms. The summed E-state index contributed by atoms with van der Waals surface area (Å²) in [6.07, 6.45) is 0.680. The van der Waals surface area contributed by atoms with Gasteiger partial charge in [0.25, 0.3) is 15.9 Å². The molecule has 1 aliphatic heterocycles. The summed E-state index contributed by atoms with van der Waals surface area (Å²) in [5.74, 6) is 0.440. The topological polar surface area (TPSA) is 92.5 Å². The van der Waals surface area contributed by atoms with Gasteiger partial charge in [0, 0.05) is 24.5 Å². The minimum Gasteiger partial charge on any atom is -0.360 e. The van der Waals surface area contributed by atoms with Crippen LogP contribution in [0.5, 0.6) is 0 Å². The van der Waals surface area contributed by atoms with Crippen molar-refractivity contribution in [1.82, 2.24) is 9.46 Å². The molecule has 27 heavy (non-hydrogen) atoms. The lowest BCUT2D eigenvalue weighted by atomic mass is 10.0. The summed E-state index contributed by atoms with van der Waals surface area (Å²) in [7, 11) is -3.65. The summed E-state index contributed by atoms with van der Waals surface area (Å²) in [4.78, 5) is 12.3. The van der Waals surface area contributed by atoms with Crippen LogP contribution in [-0.4, -0.2) is 30.3 Å². The number of aromatic nitrogens is 1. The predicted molar refractivity (Wildman–Crippen MR) is 101 cm³/mol. The van der Waals surface area contributed by atoms with Gasteiger partial charge in [0.05, 0.1) is 5.56 Å². The average molecular weight is 403 g/mol. The number of aryl methyl sites for hydroxylation is 1. The molecule has 1 N–H and O–H groups in total. The minimum absolute atomic E-state index is 0.156. The second-order valence-electron chi connectivity index (χ2n) is 6.29. The fourth-order valence-electron chi connectivity index (χ4n) is 2.99. The van der Waals surface area contributed by atoms with E-state index >= 15 is 0 Å². The lowest BCUT2D eigenvalue weighted by molar-refractivity contribution is 0.102. The number of hydrogen-bond donors (Lipinski definition) is 1. The number of anilines is 1. The van der Waals surface area contributed by atoms with E-state index in [0.29, 0.717) is 31.1 Å². The first-order valence-corrected chi connectivity index (χ1v) is 10.7. The molecule has 140 valence electrons. The third-order valence-corrected chi connectivity index (χ3v) is 7.66. The van der Waals surface area contributed by atoms with E-state index in [1.807, 2.05) is 24.3 Å². The van der Waals surface area contributed by atoms with Crippen molar-refractivity contribution in [2.24, 2.45) is 0 Å². The van der Waals surface area contributed by atoms with Gasteiger partial charge in [-0.3, -0.25) is 4.79 Å². The van der Waals surface area contributed by atoms with Crippen LogP contribution < -0.4 is 5.32 Å². The predicted octanol–water partition coefficient (Wildman–Crippen LogP) is 3.04. The van der Waals surface area contributed by atoms with Gasteiger partial charge in [0.2, 0.25) is 0 Å². The van der Waals surface area contributed by atoms with Gasteiger partial charge in [0.1, 0.15) is 9.97 Å². The highest BCUT2D eigenvalue weighted by Crippen LogP contribution is 2.29. The van der Waals surface area contributed by atoms with Crippen LogP contribution in [0.2, 0.25) is 0 Å². The zero-order valence-corrected chi connectivity index (χ0v) is 16.1. The highest BCUT2D eigenvalue weighted by atomic mass is 32.2. The maximum absolute atomic E-state index is 13.0. The van der Waals surface area contributed by atoms with Gasteiger partial charge in [0.15, 0.2) is 5.82 Å². The summed E-state index contributed by atoms with van der Waals surface area (Å²) >= 11 is 1.04. The first-order chi connectivity index (χ1) is 12.9. The third-order valence-electron chi connectivity index (χ3n) is 4.40.